The van der Waals surface area contributed by atoms with Gasteiger partial charge in [-0.2, -0.15) is 5.10 Å². The van der Waals surface area contributed by atoms with Gasteiger partial charge in [-0.3, -0.25) is 9.89 Å². The Kier molecular flexibility index (Phi) is 3.22. The van der Waals surface area contributed by atoms with Crippen LogP contribution in [0.15, 0.2) is 0 Å². The van der Waals surface area contributed by atoms with E-state index in [2.05, 4.69) is 24.0 Å². The smallest absolute Gasteiger partial charge is 0.257 e. The Morgan fingerprint density at radius 3 is 2.59 bits per heavy atom. The van der Waals surface area contributed by atoms with Gasteiger partial charge in [0.05, 0.1) is 11.3 Å². The molecule has 2 rings (SSSR count). The number of aromatic amines is 1. The van der Waals surface area contributed by atoms with Crippen molar-refractivity contribution in [3.05, 3.63) is 17.0 Å². The minimum atomic E-state index is 0.132. The highest BCUT2D eigenvalue weighted by Crippen LogP contribution is 2.24. The molecule has 4 nitrogen and oxygen atoms in total. The van der Waals surface area contributed by atoms with Crippen molar-refractivity contribution in [1.29, 1.82) is 0 Å². The van der Waals surface area contributed by atoms with Gasteiger partial charge in [-0.25, -0.2) is 0 Å². The predicted octanol–water partition coefficient (Wildman–Crippen LogP) is 2.14. The van der Waals surface area contributed by atoms with Gasteiger partial charge in [0.1, 0.15) is 0 Å². The molecule has 2 heterocycles. The summed E-state index contributed by atoms with van der Waals surface area (Å²) in [6.07, 6.45) is 1.10. The zero-order valence-electron chi connectivity index (χ0n) is 11.1. The second-order valence-electron chi connectivity index (χ2n) is 5.30. The van der Waals surface area contributed by atoms with Crippen LogP contribution in [0.1, 0.15) is 42.0 Å². The maximum Gasteiger partial charge on any atom is 0.257 e. The average molecular weight is 235 g/mol. The van der Waals surface area contributed by atoms with E-state index in [1.54, 1.807) is 0 Å². The van der Waals surface area contributed by atoms with Crippen LogP contribution in [0.5, 0.6) is 0 Å². The zero-order chi connectivity index (χ0) is 12.6. The summed E-state index contributed by atoms with van der Waals surface area (Å²) >= 11 is 0. The SMILES string of the molecule is Cc1n[nH]c(C)c1C(=O)N1CCC(C)C(C)C1. The highest BCUT2D eigenvalue weighted by Gasteiger charge is 2.28. The van der Waals surface area contributed by atoms with Crippen molar-refractivity contribution in [2.75, 3.05) is 13.1 Å². The summed E-state index contributed by atoms with van der Waals surface area (Å²) in [5.41, 5.74) is 2.43. The van der Waals surface area contributed by atoms with Crippen LogP contribution < -0.4 is 0 Å². The van der Waals surface area contributed by atoms with Crippen molar-refractivity contribution in [2.45, 2.75) is 34.1 Å². The van der Waals surface area contributed by atoms with Crippen LogP contribution in [-0.2, 0) is 0 Å². The fraction of sp³-hybridized carbons (Fsp3) is 0.692. The standard InChI is InChI=1S/C13H21N3O/c1-8-5-6-16(7-9(8)2)13(17)12-10(3)14-15-11(12)4/h8-9H,5-7H2,1-4H3,(H,14,15). The normalized spacial score (nSPS) is 25.1. The first-order valence-corrected chi connectivity index (χ1v) is 6.31. The molecular weight excluding hydrogens is 214 g/mol. The molecule has 1 aromatic rings. The third-order valence-electron chi connectivity index (χ3n) is 3.96. The van der Waals surface area contributed by atoms with Crippen molar-refractivity contribution < 1.29 is 4.79 Å². The van der Waals surface area contributed by atoms with E-state index >= 15 is 0 Å². The number of H-pyrrole nitrogens is 1. The predicted molar refractivity (Wildman–Crippen MR) is 66.9 cm³/mol. The first-order valence-electron chi connectivity index (χ1n) is 6.31. The lowest BCUT2D eigenvalue weighted by atomic mass is 9.88. The van der Waals surface area contributed by atoms with Gasteiger partial charge in [-0.1, -0.05) is 13.8 Å². The van der Waals surface area contributed by atoms with Gasteiger partial charge >= 0.3 is 0 Å². The monoisotopic (exact) mass is 235 g/mol. The minimum Gasteiger partial charge on any atom is -0.338 e. The summed E-state index contributed by atoms with van der Waals surface area (Å²) in [6.45, 7) is 10.0. The highest BCUT2D eigenvalue weighted by atomic mass is 16.2. The lowest BCUT2D eigenvalue weighted by molar-refractivity contribution is 0.0626. The summed E-state index contributed by atoms with van der Waals surface area (Å²) in [4.78, 5) is 14.4. The van der Waals surface area contributed by atoms with E-state index in [1.165, 1.54) is 0 Å². The summed E-state index contributed by atoms with van der Waals surface area (Å²) in [6, 6.07) is 0. The number of nitrogens with one attached hydrogen (secondary N) is 1. The second-order valence-corrected chi connectivity index (χ2v) is 5.30. The van der Waals surface area contributed by atoms with Crippen molar-refractivity contribution in [1.82, 2.24) is 15.1 Å². The molecule has 0 aromatic carbocycles. The highest BCUT2D eigenvalue weighted by molar-refractivity contribution is 5.96. The number of hydrogen-bond donors (Lipinski definition) is 1. The first kappa shape index (κ1) is 12.1. The zero-order valence-corrected chi connectivity index (χ0v) is 11.1. The number of amides is 1. The molecule has 17 heavy (non-hydrogen) atoms. The van der Waals surface area contributed by atoms with Crippen LogP contribution in [0, 0.1) is 25.7 Å². The summed E-state index contributed by atoms with van der Waals surface area (Å²) in [5, 5.41) is 6.97. The number of piperidine rings is 1. The van der Waals surface area contributed by atoms with E-state index in [4.69, 9.17) is 0 Å². The van der Waals surface area contributed by atoms with Crippen molar-refractivity contribution in [3.8, 4) is 0 Å². The van der Waals surface area contributed by atoms with Crippen molar-refractivity contribution >= 4 is 5.91 Å². The lowest BCUT2D eigenvalue weighted by Crippen LogP contribution is -2.42. The van der Waals surface area contributed by atoms with E-state index in [0.717, 1.165) is 36.5 Å². The maximum atomic E-state index is 12.4. The molecule has 4 heteroatoms. The van der Waals surface area contributed by atoms with Crippen LogP contribution in [-0.4, -0.2) is 34.1 Å². The number of carbonyl (C=O) groups excluding carboxylic acids is 1. The number of aromatic nitrogens is 2. The molecule has 1 aliphatic rings. The fourth-order valence-electron chi connectivity index (χ4n) is 2.47. The molecule has 0 radical (unpaired) electrons. The Morgan fingerprint density at radius 1 is 1.35 bits per heavy atom. The molecule has 94 valence electrons. The largest absolute Gasteiger partial charge is 0.338 e. The molecule has 0 aliphatic carbocycles. The Morgan fingerprint density at radius 2 is 2.06 bits per heavy atom. The van der Waals surface area contributed by atoms with Crippen LogP contribution in [0.3, 0.4) is 0 Å². The van der Waals surface area contributed by atoms with Gasteiger partial charge in [0.2, 0.25) is 0 Å². The minimum absolute atomic E-state index is 0.132. The van der Waals surface area contributed by atoms with Gasteiger partial charge in [0, 0.05) is 18.8 Å². The van der Waals surface area contributed by atoms with Gasteiger partial charge < -0.3 is 4.90 Å². The summed E-state index contributed by atoms with van der Waals surface area (Å²) < 4.78 is 0. The molecule has 0 bridgehead atoms. The van der Waals surface area contributed by atoms with Crippen LogP contribution in [0.25, 0.3) is 0 Å². The van der Waals surface area contributed by atoms with E-state index in [9.17, 15) is 4.79 Å². The number of rotatable bonds is 1. The molecule has 0 spiro atoms. The molecule has 2 unspecified atom stereocenters. The summed E-state index contributed by atoms with van der Waals surface area (Å²) in [5.74, 6) is 1.43. The third-order valence-corrected chi connectivity index (χ3v) is 3.96. The molecule has 1 aliphatic heterocycles. The number of hydrogen-bond acceptors (Lipinski definition) is 2. The Balaban J connectivity index is 2.16. The molecule has 1 saturated heterocycles. The molecule has 1 N–H and O–H groups in total. The molecule has 0 saturated carbocycles. The van der Waals surface area contributed by atoms with Crippen molar-refractivity contribution in [2.24, 2.45) is 11.8 Å². The molecule has 1 amide bonds. The molecule has 1 fully saturated rings. The number of carbonyl (C=O) groups is 1. The molecular formula is C13H21N3O. The topological polar surface area (TPSA) is 49.0 Å². The second kappa shape index (κ2) is 4.51. The Bertz CT molecular complexity index is 405. The lowest BCUT2D eigenvalue weighted by Gasteiger charge is -2.35. The van der Waals surface area contributed by atoms with Crippen LogP contribution in [0.2, 0.25) is 0 Å². The molecule has 2 atom stereocenters. The fourth-order valence-corrected chi connectivity index (χ4v) is 2.47. The van der Waals surface area contributed by atoms with E-state index in [0.29, 0.717) is 11.8 Å². The number of nitrogens with zero attached hydrogens (tertiary/aromatic N) is 2. The van der Waals surface area contributed by atoms with Gasteiger partial charge in [0.15, 0.2) is 0 Å². The van der Waals surface area contributed by atoms with Gasteiger partial charge in [-0.05, 0) is 32.1 Å². The first-order chi connectivity index (χ1) is 8.00. The third kappa shape index (κ3) is 2.21. The van der Waals surface area contributed by atoms with Crippen LogP contribution >= 0.6 is 0 Å². The number of aryl methyl sites for hydroxylation is 2. The van der Waals surface area contributed by atoms with E-state index in [-0.39, 0.29) is 5.91 Å². The maximum absolute atomic E-state index is 12.4. The quantitative estimate of drug-likeness (QED) is 0.810. The van der Waals surface area contributed by atoms with Crippen LogP contribution in [0.4, 0.5) is 0 Å². The van der Waals surface area contributed by atoms with Gasteiger partial charge in [0.25, 0.3) is 5.91 Å². The summed E-state index contributed by atoms with van der Waals surface area (Å²) in [7, 11) is 0. The molecule has 1 aromatic heterocycles. The van der Waals surface area contributed by atoms with E-state index < -0.39 is 0 Å². The van der Waals surface area contributed by atoms with E-state index in [1.807, 2.05) is 18.7 Å². The number of likely N-dealkylation sites (tertiary alicyclic amines) is 1. The average Bonchev–Trinajstić information content (AvgIpc) is 2.62. The van der Waals surface area contributed by atoms with Gasteiger partial charge in [-0.15, -0.1) is 0 Å². The Labute approximate surface area is 102 Å². The Hall–Kier alpha value is -1.32. The van der Waals surface area contributed by atoms with Crippen molar-refractivity contribution in [3.63, 3.8) is 0 Å².